The van der Waals surface area contributed by atoms with Gasteiger partial charge in [-0.15, -0.1) is 0 Å². The van der Waals surface area contributed by atoms with E-state index in [4.69, 9.17) is 9.26 Å². The van der Waals surface area contributed by atoms with Crippen LogP contribution >= 0.6 is 0 Å². The monoisotopic (exact) mass is 365 g/mol. The van der Waals surface area contributed by atoms with Crippen LogP contribution < -0.4 is 10.1 Å². The van der Waals surface area contributed by atoms with Crippen LogP contribution in [0.15, 0.2) is 59.1 Å². The molecule has 0 saturated heterocycles. The molecular formula is C21H23N3O3. The van der Waals surface area contributed by atoms with Crippen molar-refractivity contribution >= 4 is 5.91 Å². The van der Waals surface area contributed by atoms with Gasteiger partial charge in [0.1, 0.15) is 5.75 Å². The van der Waals surface area contributed by atoms with E-state index in [2.05, 4.69) is 15.5 Å². The zero-order chi connectivity index (χ0) is 18.9. The molecule has 0 unspecified atom stereocenters. The third-order valence-corrected chi connectivity index (χ3v) is 3.97. The molecule has 3 aromatic rings. The average molecular weight is 365 g/mol. The first kappa shape index (κ1) is 18.6. The number of amides is 1. The smallest absolute Gasteiger partial charge is 0.228 e. The number of para-hydroxylation sites is 1. The molecule has 1 heterocycles. The van der Waals surface area contributed by atoms with Gasteiger partial charge in [-0.1, -0.05) is 47.1 Å². The average Bonchev–Trinajstić information content (AvgIpc) is 3.15. The Labute approximate surface area is 158 Å². The number of rotatable bonds is 9. The summed E-state index contributed by atoms with van der Waals surface area (Å²) in [6, 6.07) is 17.5. The first-order chi connectivity index (χ1) is 13.2. The highest BCUT2D eigenvalue weighted by Crippen LogP contribution is 2.17. The van der Waals surface area contributed by atoms with Crippen LogP contribution in [0, 0.1) is 6.92 Å². The third-order valence-electron chi connectivity index (χ3n) is 3.97. The Kier molecular flexibility index (Phi) is 6.57. The second-order valence-corrected chi connectivity index (χ2v) is 6.25. The van der Waals surface area contributed by atoms with Crippen LogP contribution in [0.1, 0.15) is 24.3 Å². The Morgan fingerprint density at radius 3 is 2.81 bits per heavy atom. The molecule has 3 rings (SSSR count). The number of nitrogens with zero attached hydrogens (tertiary/aromatic N) is 2. The molecule has 0 spiro atoms. The van der Waals surface area contributed by atoms with Crippen LogP contribution in [-0.4, -0.2) is 29.2 Å². The SMILES string of the molecule is Cc1cccc(-c2noc(CCNC(=O)CCCOc3ccccc3)n2)c1. The van der Waals surface area contributed by atoms with Gasteiger partial charge < -0.3 is 14.6 Å². The molecule has 6 nitrogen and oxygen atoms in total. The number of hydrogen-bond acceptors (Lipinski definition) is 5. The summed E-state index contributed by atoms with van der Waals surface area (Å²) in [5.41, 5.74) is 2.06. The lowest BCUT2D eigenvalue weighted by atomic mass is 10.1. The van der Waals surface area contributed by atoms with Crippen LogP contribution in [0.3, 0.4) is 0 Å². The number of benzene rings is 2. The van der Waals surface area contributed by atoms with Crippen LogP contribution in [0.2, 0.25) is 0 Å². The van der Waals surface area contributed by atoms with Gasteiger partial charge in [-0.2, -0.15) is 4.98 Å². The molecule has 140 valence electrons. The fourth-order valence-electron chi connectivity index (χ4n) is 2.59. The van der Waals surface area contributed by atoms with Crippen molar-refractivity contribution in [3.05, 3.63) is 66.1 Å². The molecule has 0 aliphatic rings. The molecule has 0 atom stereocenters. The molecule has 1 N–H and O–H groups in total. The second kappa shape index (κ2) is 9.52. The molecule has 0 aliphatic carbocycles. The largest absolute Gasteiger partial charge is 0.494 e. The van der Waals surface area contributed by atoms with E-state index in [0.717, 1.165) is 16.9 Å². The third kappa shape index (κ3) is 5.95. The molecule has 2 aromatic carbocycles. The molecule has 1 amide bonds. The van der Waals surface area contributed by atoms with Gasteiger partial charge in [0.25, 0.3) is 0 Å². The molecule has 0 saturated carbocycles. The molecular weight excluding hydrogens is 342 g/mol. The highest BCUT2D eigenvalue weighted by molar-refractivity contribution is 5.75. The predicted octanol–water partition coefficient (Wildman–Crippen LogP) is 3.56. The topological polar surface area (TPSA) is 77.2 Å². The number of nitrogens with one attached hydrogen (secondary N) is 1. The molecule has 0 bridgehead atoms. The van der Waals surface area contributed by atoms with E-state index in [-0.39, 0.29) is 5.91 Å². The van der Waals surface area contributed by atoms with E-state index in [9.17, 15) is 4.79 Å². The number of ether oxygens (including phenoxy) is 1. The molecule has 27 heavy (non-hydrogen) atoms. The fraction of sp³-hybridized carbons (Fsp3) is 0.286. The van der Waals surface area contributed by atoms with Crippen molar-refractivity contribution in [3.8, 4) is 17.1 Å². The number of carbonyl (C=O) groups is 1. The molecule has 6 heteroatoms. The minimum Gasteiger partial charge on any atom is -0.494 e. The Bertz CT molecular complexity index is 862. The van der Waals surface area contributed by atoms with E-state index in [1.807, 2.05) is 61.5 Å². The second-order valence-electron chi connectivity index (χ2n) is 6.25. The summed E-state index contributed by atoms with van der Waals surface area (Å²) in [6.07, 6.45) is 1.59. The zero-order valence-electron chi connectivity index (χ0n) is 15.4. The summed E-state index contributed by atoms with van der Waals surface area (Å²) >= 11 is 0. The van der Waals surface area contributed by atoms with Crippen LogP contribution in [0.5, 0.6) is 5.75 Å². The van der Waals surface area contributed by atoms with Gasteiger partial charge in [0, 0.05) is 24.9 Å². The van der Waals surface area contributed by atoms with Crippen molar-refractivity contribution in [1.29, 1.82) is 0 Å². The van der Waals surface area contributed by atoms with Crippen LogP contribution in [0.25, 0.3) is 11.4 Å². The van der Waals surface area contributed by atoms with Gasteiger partial charge in [-0.3, -0.25) is 4.79 Å². The van der Waals surface area contributed by atoms with E-state index in [0.29, 0.717) is 44.1 Å². The lowest BCUT2D eigenvalue weighted by Crippen LogP contribution is -2.25. The number of hydrogen-bond donors (Lipinski definition) is 1. The molecule has 1 aromatic heterocycles. The lowest BCUT2D eigenvalue weighted by molar-refractivity contribution is -0.121. The summed E-state index contributed by atoms with van der Waals surface area (Å²) in [4.78, 5) is 16.3. The first-order valence-electron chi connectivity index (χ1n) is 9.05. The highest BCUT2D eigenvalue weighted by Gasteiger charge is 2.09. The van der Waals surface area contributed by atoms with Crippen LogP contribution in [0.4, 0.5) is 0 Å². The van der Waals surface area contributed by atoms with Crippen molar-refractivity contribution < 1.29 is 14.1 Å². The van der Waals surface area contributed by atoms with Crippen LogP contribution in [-0.2, 0) is 11.2 Å². The summed E-state index contributed by atoms with van der Waals surface area (Å²) in [5.74, 6) is 1.89. The van der Waals surface area contributed by atoms with Gasteiger partial charge in [-0.05, 0) is 31.5 Å². The Morgan fingerprint density at radius 1 is 1.15 bits per heavy atom. The van der Waals surface area contributed by atoms with E-state index in [1.54, 1.807) is 0 Å². The maximum Gasteiger partial charge on any atom is 0.228 e. The Hall–Kier alpha value is -3.15. The van der Waals surface area contributed by atoms with Gasteiger partial charge >= 0.3 is 0 Å². The summed E-state index contributed by atoms with van der Waals surface area (Å²) in [7, 11) is 0. The lowest BCUT2D eigenvalue weighted by Gasteiger charge is -2.06. The summed E-state index contributed by atoms with van der Waals surface area (Å²) in [6.45, 7) is 3.00. The van der Waals surface area contributed by atoms with E-state index >= 15 is 0 Å². The molecule has 0 fully saturated rings. The fourth-order valence-corrected chi connectivity index (χ4v) is 2.59. The Balaban J connectivity index is 1.34. The predicted molar refractivity (Wildman–Crippen MR) is 102 cm³/mol. The minimum atomic E-state index is -0.00918. The summed E-state index contributed by atoms with van der Waals surface area (Å²) < 4.78 is 10.8. The molecule has 0 radical (unpaired) electrons. The minimum absolute atomic E-state index is 0.00918. The number of carbonyl (C=O) groups excluding carboxylic acids is 1. The number of aromatic nitrogens is 2. The normalized spacial score (nSPS) is 10.6. The van der Waals surface area contributed by atoms with E-state index < -0.39 is 0 Å². The summed E-state index contributed by atoms with van der Waals surface area (Å²) in [5, 5.41) is 6.87. The maximum absolute atomic E-state index is 11.9. The van der Waals surface area contributed by atoms with Gasteiger partial charge in [0.15, 0.2) is 0 Å². The van der Waals surface area contributed by atoms with Gasteiger partial charge in [0.05, 0.1) is 6.61 Å². The molecule has 0 aliphatic heterocycles. The van der Waals surface area contributed by atoms with Crippen molar-refractivity contribution in [2.45, 2.75) is 26.2 Å². The standard InChI is InChI=1S/C21H23N3O3/c1-16-7-5-8-17(15-16)21-23-20(27-24-21)12-13-22-19(25)11-6-14-26-18-9-3-2-4-10-18/h2-5,7-10,15H,6,11-14H2,1H3,(H,22,25). The van der Waals surface area contributed by atoms with Gasteiger partial charge in [0.2, 0.25) is 17.6 Å². The quantitative estimate of drug-likeness (QED) is 0.587. The van der Waals surface area contributed by atoms with Crippen molar-refractivity contribution in [2.75, 3.05) is 13.2 Å². The van der Waals surface area contributed by atoms with Crippen molar-refractivity contribution in [1.82, 2.24) is 15.5 Å². The first-order valence-corrected chi connectivity index (χ1v) is 9.05. The van der Waals surface area contributed by atoms with Gasteiger partial charge in [-0.25, -0.2) is 0 Å². The van der Waals surface area contributed by atoms with Crippen molar-refractivity contribution in [3.63, 3.8) is 0 Å². The van der Waals surface area contributed by atoms with Crippen molar-refractivity contribution in [2.24, 2.45) is 0 Å². The van der Waals surface area contributed by atoms with E-state index in [1.165, 1.54) is 0 Å². The Morgan fingerprint density at radius 2 is 2.00 bits per heavy atom. The maximum atomic E-state index is 11.9. The number of aryl methyl sites for hydroxylation is 1. The highest BCUT2D eigenvalue weighted by atomic mass is 16.5. The zero-order valence-corrected chi connectivity index (χ0v) is 15.4.